The third-order valence-electron chi connectivity index (χ3n) is 7.50. The number of benzene rings is 3. The molecular weight excluding hydrogens is 500 g/mol. The molecule has 1 N–H and O–H groups in total. The molecular formula is C34H40N2O4. The number of aliphatic hydroxyl groups is 1. The average molecular weight is 541 g/mol. The first-order valence-corrected chi connectivity index (χ1v) is 13.5. The highest BCUT2D eigenvalue weighted by molar-refractivity contribution is 6.51. The number of amides is 1. The minimum Gasteiger partial charge on any atom is -0.507 e. The Hall–Kier alpha value is -4.06. The van der Waals surface area contributed by atoms with Gasteiger partial charge in [-0.05, 0) is 63.9 Å². The minimum absolute atomic E-state index is 0.0341. The third kappa shape index (κ3) is 5.35. The molecule has 0 radical (unpaired) electrons. The lowest BCUT2D eigenvalue weighted by Crippen LogP contribution is -2.29. The summed E-state index contributed by atoms with van der Waals surface area (Å²) in [6.07, 6.45) is 0. The smallest absolute Gasteiger partial charge is 0.300 e. The molecule has 4 rings (SSSR count). The maximum Gasteiger partial charge on any atom is 0.300 e. The van der Waals surface area contributed by atoms with Crippen LogP contribution in [0.3, 0.4) is 0 Å². The molecule has 1 atom stereocenters. The van der Waals surface area contributed by atoms with E-state index in [1.165, 1.54) is 12.0 Å². The summed E-state index contributed by atoms with van der Waals surface area (Å²) >= 11 is 0. The lowest BCUT2D eigenvalue weighted by molar-refractivity contribution is -0.132. The van der Waals surface area contributed by atoms with Gasteiger partial charge in [-0.2, -0.15) is 0 Å². The Kier molecular flexibility index (Phi) is 7.59. The van der Waals surface area contributed by atoms with Gasteiger partial charge in [0.2, 0.25) is 0 Å². The predicted molar refractivity (Wildman–Crippen MR) is 162 cm³/mol. The molecule has 0 bridgehead atoms. The van der Waals surface area contributed by atoms with Crippen molar-refractivity contribution in [3.63, 3.8) is 0 Å². The predicted octanol–water partition coefficient (Wildman–Crippen LogP) is 6.98. The van der Waals surface area contributed by atoms with Crippen LogP contribution in [0.5, 0.6) is 5.75 Å². The molecule has 40 heavy (non-hydrogen) atoms. The standard InChI is InChI=1S/C34H40N2O4/c1-33(2,3)22-12-17-25(18-13-22)36-29(21-10-15-24(16-11-21)35(7)8)28(31(38)32(36)39)30(37)26-20-23(34(4,5)6)14-19-27(26)40-9/h10-20,29,37H,1-9H3/b30-28+. The highest BCUT2D eigenvalue weighted by Gasteiger charge is 2.47. The first kappa shape index (κ1) is 28.9. The van der Waals surface area contributed by atoms with E-state index < -0.39 is 17.7 Å². The number of methoxy groups -OCH3 is 1. The van der Waals surface area contributed by atoms with Gasteiger partial charge in [0.15, 0.2) is 0 Å². The summed E-state index contributed by atoms with van der Waals surface area (Å²) in [5, 5.41) is 11.8. The van der Waals surface area contributed by atoms with Crippen molar-refractivity contribution in [2.75, 3.05) is 31.0 Å². The molecule has 1 aliphatic rings. The topological polar surface area (TPSA) is 70.1 Å². The van der Waals surface area contributed by atoms with Crippen molar-refractivity contribution in [3.05, 3.63) is 94.6 Å². The maximum atomic E-state index is 13.7. The lowest BCUT2D eigenvalue weighted by atomic mass is 9.85. The molecule has 1 saturated heterocycles. The third-order valence-corrected chi connectivity index (χ3v) is 7.50. The van der Waals surface area contributed by atoms with Crippen LogP contribution in [0, 0.1) is 0 Å². The van der Waals surface area contributed by atoms with Crippen molar-refractivity contribution in [1.82, 2.24) is 0 Å². The molecule has 1 fully saturated rings. The zero-order chi connectivity index (χ0) is 29.6. The molecule has 0 spiro atoms. The van der Waals surface area contributed by atoms with E-state index in [1.807, 2.05) is 79.7 Å². The second kappa shape index (κ2) is 10.5. The van der Waals surface area contributed by atoms with E-state index in [0.29, 0.717) is 17.0 Å². The van der Waals surface area contributed by atoms with Gasteiger partial charge in [0.05, 0.1) is 24.3 Å². The van der Waals surface area contributed by atoms with Crippen LogP contribution in [0.15, 0.2) is 72.3 Å². The number of ether oxygens (including phenoxy) is 1. The number of aliphatic hydroxyl groups excluding tert-OH is 1. The van der Waals surface area contributed by atoms with E-state index >= 15 is 0 Å². The zero-order valence-corrected chi connectivity index (χ0v) is 25.0. The minimum atomic E-state index is -0.820. The number of Topliss-reactive ketones (excluding diaryl/α,β-unsaturated/α-hetero) is 1. The average Bonchev–Trinajstić information content (AvgIpc) is 3.17. The summed E-state index contributed by atoms with van der Waals surface area (Å²) in [6.45, 7) is 12.6. The van der Waals surface area contributed by atoms with Crippen LogP contribution < -0.4 is 14.5 Å². The molecule has 210 valence electrons. The van der Waals surface area contributed by atoms with E-state index in [4.69, 9.17) is 4.74 Å². The molecule has 0 aliphatic carbocycles. The van der Waals surface area contributed by atoms with Crippen LogP contribution in [0.4, 0.5) is 11.4 Å². The summed E-state index contributed by atoms with van der Waals surface area (Å²) in [4.78, 5) is 30.8. The van der Waals surface area contributed by atoms with Crippen LogP contribution in [-0.2, 0) is 20.4 Å². The molecule has 1 aliphatic heterocycles. The lowest BCUT2D eigenvalue weighted by Gasteiger charge is -2.27. The summed E-state index contributed by atoms with van der Waals surface area (Å²) < 4.78 is 5.59. The summed E-state index contributed by atoms with van der Waals surface area (Å²) in [6, 6.07) is 20.1. The van der Waals surface area contributed by atoms with Gasteiger partial charge in [0.25, 0.3) is 11.7 Å². The SMILES string of the molecule is COc1ccc(C(C)(C)C)cc1/C(O)=C1\C(=O)C(=O)N(c2ccc(C(C)(C)C)cc2)C1c1ccc(N(C)C)cc1. The Morgan fingerprint density at radius 3 is 1.88 bits per heavy atom. The highest BCUT2D eigenvalue weighted by Crippen LogP contribution is 2.44. The number of ketones is 1. The Labute approximate surface area is 237 Å². The fraction of sp³-hybridized carbons (Fsp3) is 0.353. The van der Waals surface area contributed by atoms with Crippen LogP contribution in [0.1, 0.15) is 69.8 Å². The number of rotatable bonds is 5. The molecule has 1 heterocycles. The molecule has 6 nitrogen and oxygen atoms in total. The quantitative estimate of drug-likeness (QED) is 0.215. The van der Waals surface area contributed by atoms with Crippen LogP contribution in [0.2, 0.25) is 0 Å². The summed E-state index contributed by atoms with van der Waals surface area (Å²) in [7, 11) is 5.43. The normalized spacial score (nSPS) is 17.3. The van der Waals surface area contributed by atoms with Gasteiger partial charge in [-0.1, -0.05) is 71.9 Å². The zero-order valence-electron chi connectivity index (χ0n) is 25.0. The number of hydrogen-bond donors (Lipinski definition) is 1. The van der Waals surface area contributed by atoms with E-state index in [1.54, 1.807) is 6.07 Å². The van der Waals surface area contributed by atoms with Crippen molar-refractivity contribution in [2.24, 2.45) is 0 Å². The van der Waals surface area contributed by atoms with Gasteiger partial charge in [-0.25, -0.2) is 0 Å². The Balaban J connectivity index is 1.96. The van der Waals surface area contributed by atoms with Crippen molar-refractivity contribution < 1.29 is 19.4 Å². The number of nitrogens with zero attached hydrogens (tertiary/aromatic N) is 2. The van der Waals surface area contributed by atoms with E-state index in [-0.39, 0.29) is 22.2 Å². The number of anilines is 2. The molecule has 6 heteroatoms. The Bertz CT molecular complexity index is 1450. The Morgan fingerprint density at radius 2 is 1.38 bits per heavy atom. The largest absolute Gasteiger partial charge is 0.507 e. The van der Waals surface area contributed by atoms with Gasteiger partial charge < -0.3 is 14.7 Å². The number of carbonyl (C=O) groups excluding carboxylic acids is 2. The maximum absolute atomic E-state index is 13.7. The second-order valence-electron chi connectivity index (χ2n) is 12.6. The fourth-order valence-corrected chi connectivity index (χ4v) is 5.00. The van der Waals surface area contributed by atoms with E-state index in [2.05, 4.69) is 41.5 Å². The first-order chi connectivity index (χ1) is 18.6. The van der Waals surface area contributed by atoms with Gasteiger partial charge >= 0.3 is 0 Å². The van der Waals surface area contributed by atoms with Crippen LogP contribution in [0.25, 0.3) is 5.76 Å². The molecule has 3 aromatic carbocycles. The summed E-state index contributed by atoms with van der Waals surface area (Å²) in [5.74, 6) is -1.25. The molecule has 1 amide bonds. The molecule has 0 saturated carbocycles. The molecule has 1 unspecified atom stereocenters. The van der Waals surface area contributed by atoms with Gasteiger partial charge in [0, 0.05) is 25.5 Å². The van der Waals surface area contributed by atoms with Crippen LogP contribution in [-0.4, -0.2) is 38.0 Å². The van der Waals surface area contributed by atoms with Crippen molar-refractivity contribution in [3.8, 4) is 5.75 Å². The van der Waals surface area contributed by atoms with Gasteiger partial charge in [-0.3, -0.25) is 14.5 Å². The monoisotopic (exact) mass is 540 g/mol. The Morgan fingerprint density at radius 1 is 0.825 bits per heavy atom. The summed E-state index contributed by atoms with van der Waals surface area (Å²) in [5.41, 5.74) is 4.51. The van der Waals surface area contributed by atoms with Crippen molar-refractivity contribution in [2.45, 2.75) is 58.4 Å². The van der Waals surface area contributed by atoms with Crippen molar-refractivity contribution in [1.29, 1.82) is 0 Å². The molecule has 3 aromatic rings. The van der Waals surface area contributed by atoms with Crippen LogP contribution >= 0.6 is 0 Å². The first-order valence-electron chi connectivity index (χ1n) is 13.5. The fourth-order valence-electron chi connectivity index (χ4n) is 5.00. The number of hydrogen-bond acceptors (Lipinski definition) is 5. The highest BCUT2D eigenvalue weighted by atomic mass is 16.5. The van der Waals surface area contributed by atoms with E-state index in [9.17, 15) is 14.7 Å². The number of carbonyl (C=O) groups is 2. The van der Waals surface area contributed by atoms with Crippen molar-refractivity contribution >= 4 is 28.8 Å². The molecule has 0 aromatic heterocycles. The van der Waals surface area contributed by atoms with E-state index in [0.717, 1.165) is 22.4 Å². The van der Waals surface area contributed by atoms with Gasteiger partial charge in [-0.15, -0.1) is 0 Å². The van der Waals surface area contributed by atoms with Gasteiger partial charge in [0.1, 0.15) is 11.5 Å². The second-order valence-corrected chi connectivity index (χ2v) is 12.6.